The second-order valence-corrected chi connectivity index (χ2v) is 4.13. The Morgan fingerprint density at radius 3 is 2.79 bits per heavy atom. The number of furan rings is 1. The van der Waals surface area contributed by atoms with Crippen LogP contribution < -0.4 is 10.6 Å². The molecule has 0 atom stereocenters. The zero-order valence-electron chi connectivity index (χ0n) is 11.2. The van der Waals surface area contributed by atoms with Gasteiger partial charge in [-0.3, -0.25) is 9.98 Å². The number of rotatable bonds is 4. The molecule has 0 radical (unpaired) electrons. The Morgan fingerprint density at radius 2 is 2.11 bits per heavy atom. The van der Waals surface area contributed by atoms with E-state index in [1.807, 2.05) is 31.2 Å². The second kappa shape index (κ2) is 6.58. The number of nitrogens with one attached hydrogen (secondary N) is 2. The summed E-state index contributed by atoms with van der Waals surface area (Å²) in [5.41, 5.74) is 2.18. The Bertz CT molecular complexity index is 534. The molecule has 2 aromatic rings. The number of aryl methyl sites for hydroxylation is 1. The van der Waals surface area contributed by atoms with Crippen LogP contribution >= 0.6 is 0 Å². The Balaban J connectivity index is 1.85. The molecule has 0 aliphatic heterocycles. The van der Waals surface area contributed by atoms with E-state index in [9.17, 15) is 0 Å². The van der Waals surface area contributed by atoms with Crippen LogP contribution in [0.3, 0.4) is 0 Å². The SMILES string of the molecule is CN=C(NCc1ccco1)NCc1ncccc1C. The lowest BCUT2D eigenvalue weighted by atomic mass is 10.2. The molecule has 0 saturated heterocycles. The molecule has 0 aliphatic rings. The summed E-state index contributed by atoms with van der Waals surface area (Å²) in [5.74, 6) is 1.60. The van der Waals surface area contributed by atoms with E-state index < -0.39 is 0 Å². The van der Waals surface area contributed by atoms with Gasteiger partial charge in [0.25, 0.3) is 0 Å². The molecule has 5 heteroatoms. The highest BCUT2D eigenvalue weighted by atomic mass is 16.3. The van der Waals surface area contributed by atoms with Crippen molar-refractivity contribution in [2.24, 2.45) is 4.99 Å². The van der Waals surface area contributed by atoms with Crippen molar-refractivity contribution in [3.63, 3.8) is 0 Å². The van der Waals surface area contributed by atoms with E-state index in [0.29, 0.717) is 13.1 Å². The van der Waals surface area contributed by atoms with Crippen molar-refractivity contribution in [3.05, 3.63) is 53.7 Å². The third-order valence-corrected chi connectivity index (χ3v) is 2.77. The van der Waals surface area contributed by atoms with Crippen LogP contribution in [0.25, 0.3) is 0 Å². The van der Waals surface area contributed by atoms with Crippen molar-refractivity contribution in [1.29, 1.82) is 0 Å². The highest BCUT2D eigenvalue weighted by Gasteiger charge is 2.02. The lowest BCUT2D eigenvalue weighted by Gasteiger charge is -2.11. The predicted molar refractivity (Wildman–Crippen MR) is 74.7 cm³/mol. The lowest BCUT2D eigenvalue weighted by Crippen LogP contribution is -2.36. The van der Waals surface area contributed by atoms with Crippen LogP contribution in [0.1, 0.15) is 17.0 Å². The fourth-order valence-electron chi connectivity index (χ4n) is 1.68. The summed E-state index contributed by atoms with van der Waals surface area (Å²) in [6.07, 6.45) is 3.45. The lowest BCUT2D eigenvalue weighted by molar-refractivity contribution is 0.501. The Labute approximate surface area is 112 Å². The van der Waals surface area contributed by atoms with Crippen LogP contribution in [-0.4, -0.2) is 18.0 Å². The largest absolute Gasteiger partial charge is 0.467 e. The fraction of sp³-hybridized carbons (Fsp3) is 0.286. The summed E-state index contributed by atoms with van der Waals surface area (Å²) >= 11 is 0. The molecule has 0 unspecified atom stereocenters. The molecule has 2 rings (SSSR count). The minimum atomic E-state index is 0.605. The molecule has 0 fully saturated rings. The summed E-state index contributed by atoms with van der Waals surface area (Å²) in [7, 11) is 1.74. The van der Waals surface area contributed by atoms with Gasteiger partial charge in [0.15, 0.2) is 5.96 Å². The maximum Gasteiger partial charge on any atom is 0.191 e. The van der Waals surface area contributed by atoms with Gasteiger partial charge in [-0.15, -0.1) is 0 Å². The number of hydrogen-bond acceptors (Lipinski definition) is 3. The van der Waals surface area contributed by atoms with Crippen molar-refractivity contribution in [2.75, 3.05) is 7.05 Å². The van der Waals surface area contributed by atoms with E-state index in [1.54, 1.807) is 19.5 Å². The molecule has 5 nitrogen and oxygen atoms in total. The van der Waals surface area contributed by atoms with Gasteiger partial charge in [-0.1, -0.05) is 6.07 Å². The molecule has 2 N–H and O–H groups in total. The third kappa shape index (κ3) is 3.84. The van der Waals surface area contributed by atoms with Gasteiger partial charge in [-0.05, 0) is 30.7 Å². The van der Waals surface area contributed by atoms with E-state index in [4.69, 9.17) is 4.42 Å². The quantitative estimate of drug-likeness (QED) is 0.649. The number of hydrogen-bond donors (Lipinski definition) is 2. The molecule has 2 aromatic heterocycles. The van der Waals surface area contributed by atoms with Crippen molar-refractivity contribution >= 4 is 5.96 Å². The van der Waals surface area contributed by atoms with Crippen LogP contribution in [0.2, 0.25) is 0 Å². The summed E-state index contributed by atoms with van der Waals surface area (Å²) in [6.45, 7) is 3.29. The fourth-order valence-corrected chi connectivity index (χ4v) is 1.68. The summed E-state index contributed by atoms with van der Waals surface area (Å²) in [4.78, 5) is 8.49. The summed E-state index contributed by atoms with van der Waals surface area (Å²) < 4.78 is 5.25. The van der Waals surface area contributed by atoms with Crippen molar-refractivity contribution in [1.82, 2.24) is 15.6 Å². The van der Waals surface area contributed by atoms with Gasteiger partial charge in [-0.2, -0.15) is 0 Å². The number of aromatic nitrogens is 1. The molecule has 2 heterocycles. The highest BCUT2D eigenvalue weighted by molar-refractivity contribution is 5.79. The second-order valence-electron chi connectivity index (χ2n) is 4.13. The van der Waals surface area contributed by atoms with Gasteiger partial charge < -0.3 is 15.1 Å². The van der Waals surface area contributed by atoms with Crippen molar-refractivity contribution in [2.45, 2.75) is 20.0 Å². The van der Waals surface area contributed by atoms with E-state index in [1.165, 1.54) is 0 Å². The van der Waals surface area contributed by atoms with Gasteiger partial charge >= 0.3 is 0 Å². The van der Waals surface area contributed by atoms with Gasteiger partial charge in [0.05, 0.1) is 25.0 Å². The maximum atomic E-state index is 5.25. The van der Waals surface area contributed by atoms with Crippen LogP contribution in [-0.2, 0) is 13.1 Å². The topological polar surface area (TPSA) is 62.5 Å². The van der Waals surface area contributed by atoms with Crippen molar-refractivity contribution < 1.29 is 4.42 Å². The van der Waals surface area contributed by atoms with Crippen LogP contribution in [0.15, 0.2) is 46.1 Å². The van der Waals surface area contributed by atoms with E-state index in [2.05, 4.69) is 20.6 Å². The Hall–Kier alpha value is -2.30. The first-order valence-electron chi connectivity index (χ1n) is 6.17. The van der Waals surface area contributed by atoms with Crippen molar-refractivity contribution in [3.8, 4) is 0 Å². The van der Waals surface area contributed by atoms with E-state index >= 15 is 0 Å². The zero-order valence-corrected chi connectivity index (χ0v) is 11.2. The van der Waals surface area contributed by atoms with Gasteiger partial charge in [0, 0.05) is 13.2 Å². The third-order valence-electron chi connectivity index (χ3n) is 2.77. The van der Waals surface area contributed by atoms with Crippen LogP contribution in [0.5, 0.6) is 0 Å². The molecule has 0 saturated carbocycles. The molecule has 0 amide bonds. The van der Waals surface area contributed by atoms with Gasteiger partial charge in [0.1, 0.15) is 5.76 Å². The molecule has 0 aliphatic carbocycles. The molecule has 0 aromatic carbocycles. The van der Waals surface area contributed by atoms with Crippen LogP contribution in [0.4, 0.5) is 0 Å². The minimum Gasteiger partial charge on any atom is -0.467 e. The number of guanidine groups is 1. The normalized spacial score (nSPS) is 11.4. The first-order valence-corrected chi connectivity index (χ1v) is 6.17. The molecule has 100 valence electrons. The molecule has 0 spiro atoms. The average Bonchev–Trinajstić information content (AvgIpc) is 2.94. The molecular weight excluding hydrogens is 240 g/mol. The molecule has 19 heavy (non-hydrogen) atoms. The number of aliphatic imine (C=N–C) groups is 1. The summed E-state index contributed by atoms with van der Waals surface area (Å²) in [6, 6.07) is 7.76. The zero-order chi connectivity index (χ0) is 13.5. The Kier molecular flexibility index (Phi) is 4.55. The standard InChI is InChI=1S/C14H18N4O/c1-11-5-3-7-16-13(11)10-18-14(15-2)17-9-12-6-4-8-19-12/h3-8H,9-10H2,1-2H3,(H2,15,17,18). The van der Waals surface area contributed by atoms with Gasteiger partial charge in [-0.25, -0.2) is 0 Å². The average molecular weight is 258 g/mol. The smallest absolute Gasteiger partial charge is 0.191 e. The van der Waals surface area contributed by atoms with E-state index in [0.717, 1.165) is 23.0 Å². The van der Waals surface area contributed by atoms with Gasteiger partial charge in [0.2, 0.25) is 0 Å². The minimum absolute atomic E-state index is 0.605. The first-order chi connectivity index (χ1) is 9.29. The maximum absolute atomic E-state index is 5.25. The Morgan fingerprint density at radius 1 is 1.26 bits per heavy atom. The monoisotopic (exact) mass is 258 g/mol. The number of pyridine rings is 1. The predicted octanol–water partition coefficient (Wildman–Crippen LogP) is 1.85. The number of nitrogens with zero attached hydrogens (tertiary/aromatic N) is 2. The molecular formula is C14H18N4O. The highest BCUT2D eigenvalue weighted by Crippen LogP contribution is 2.02. The molecule has 0 bridgehead atoms. The first kappa shape index (κ1) is 13.1. The van der Waals surface area contributed by atoms with E-state index in [-0.39, 0.29) is 0 Å². The van der Waals surface area contributed by atoms with Crippen LogP contribution in [0, 0.1) is 6.92 Å². The summed E-state index contributed by atoms with van der Waals surface area (Å²) in [5, 5.41) is 6.40.